The molecule has 0 spiro atoms. The van der Waals surface area contributed by atoms with Crippen LogP contribution >= 0.6 is 35.3 Å². The minimum Gasteiger partial charge on any atom is -0.494 e. The van der Waals surface area contributed by atoms with Crippen molar-refractivity contribution < 1.29 is 14.3 Å². The van der Waals surface area contributed by atoms with Crippen LogP contribution in [0.25, 0.3) is 6.08 Å². The van der Waals surface area contributed by atoms with Crippen molar-refractivity contribution in [3.8, 4) is 5.75 Å². The van der Waals surface area contributed by atoms with Gasteiger partial charge in [0, 0.05) is 5.38 Å². The number of hydrogen-bond donors (Lipinski definition) is 1. The number of nitrogens with one attached hydrogen (secondary N) is 1. The topological polar surface area (TPSA) is 71.5 Å². The number of aromatic nitrogens is 1. The van der Waals surface area contributed by atoms with Gasteiger partial charge < -0.3 is 10.1 Å². The quantitative estimate of drug-likeness (QED) is 0.569. The third-order valence-corrected chi connectivity index (χ3v) is 5.78. The number of benzene rings is 1. The molecule has 1 aliphatic rings. The SMILES string of the molecule is CCOc1ccc(C=C2SC(=S)N(CC(=O)Nc3nc(C)cs3)C2=O)cc1. The number of thiocarbonyl (C=S) groups is 1. The Labute approximate surface area is 170 Å². The van der Waals surface area contributed by atoms with E-state index in [-0.39, 0.29) is 18.4 Å². The fourth-order valence-electron chi connectivity index (χ4n) is 2.33. The molecule has 1 aromatic carbocycles. The van der Waals surface area contributed by atoms with Crippen molar-refractivity contribution in [3.63, 3.8) is 0 Å². The van der Waals surface area contributed by atoms with Crippen molar-refractivity contribution in [2.45, 2.75) is 13.8 Å². The average Bonchev–Trinajstić information content (AvgIpc) is 3.15. The highest BCUT2D eigenvalue weighted by atomic mass is 32.2. The lowest BCUT2D eigenvalue weighted by Gasteiger charge is -2.13. The second-order valence-electron chi connectivity index (χ2n) is 5.61. The Kier molecular flexibility index (Phi) is 6.25. The van der Waals surface area contributed by atoms with Crippen molar-refractivity contribution >= 4 is 62.7 Å². The molecule has 1 saturated heterocycles. The zero-order valence-corrected chi connectivity index (χ0v) is 17.2. The van der Waals surface area contributed by atoms with Gasteiger partial charge in [-0.1, -0.05) is 36.1 Å². The number of thioether (sulfide) groups is 1. The summed E-state index contributed by atoms with van der Waals surface area (Å²) in [4.78, 5) is 30.8. The van der Waals surface area contributed by atoms with Crippen molar-refractivity contribution in [3.05, 3.63) is 45.8 Å². The van der Waals surface area contributed by atoms with E-state index >= 15 is 0 Å². The summed E-state index contributed by atoms with van der Waals surface area (Å²) in [6.07, 6.45) is 1.76. The molecule has 2 amide bonds. The standard InChI is InChI=1S/C18H17N3O3S3/c1-3-24-13-6-4-12(5-7-13)8-14-16(23)21(18(25)27-14)9-15(22)20-17-19-11(2)10-26-17/h4-8,10H,3,9H2,1-2H3,(H,19,20,22). The van der Waals surface area contributed by atoms with Gasteiger partial charge in [0.2, 0.25) is 5.91 Å². The maximum atomic E-state index is 12.6. The van der Waals surface area contributed by atoms with E-state index in [1.165, 1.54) is 28.0 Å². The van der Waals surface area contributed by atoms with E-state index in [1.54, 1.807) is 6.08 Å². The molecule has 2 heterocycles. The van der Waals surface area contributed by atoms with Gasteiger partial charge in [0.15, 0.2) is 5.13 Å². The molecule has 3 rings (SSSR count). The molecule has 0 aliphatic carbocycles. The molecule has 0 radical (unpaired) electrons. The van der Waals surface area contributed by atoms with E-state index in [0.29, 0.717) is 21.0 Å². The van der Waals surface area contributed by atoms with E-state index in [2.05, 4.69) is 10.3 Å². The van der Waals surface area contributed by atoms with Crippen LogP contribution in [-0.4, -0.2) is 39.2 Å². The molecule has 1 aliphatic heterocycles. The first kappa shape index (κ1) is 19.5. The van der Waals surface area contributed by atoms with Crippen LogP contribution < -0.4 is 10.1 Å². The molecule has 1 N–H and O–H groups in total. The minimum atomic E-state index is -0.331. The summed E-state index contributed by atoms with van der Waals surface area (Å²) >= 11 is 7.79. The van der Waals surface area contributed by atoms with Gasteiger partial charge in [-0.05, 0) is 37.6 Å². The van der Waals surface area contributed by atoms with Gasteiger partial charge in [0.1, 0.15) is 16.6 Å². The van der Waals surface area contributed by atoms with Crippen molar-refractivity contribution in [1.82, 2.24) is 9.88 Å². The summed E-state index contributed by atoms with van der Waals surface area (Å²) < 4.78 is 5.77. The normalized spacial score (nSPS) is 15.5. The van der Waals surface area contributed by atoms with Crippen molar-refractivity contribution in [2.75, 3.05) is 18.5 Å². The molecule has 0 bridgehead atoms. The molecule has 27 heavy (non-hydrogen) atoms. The number of anilines is 1. The molecule has 6 nitrogen and oxygen atoms in total. The lowest BCUT2D eigenvalue weighted by molar-refractivity contribution is -0.126. The van der Waals surface area contributed by atoms with Gasteiger partial charge in [0.05, 0.1) is 17.2 Å². The van der Waals surface area contributed by atoms with Gasteiger partial charge in [0.25, 0.3) is 5.91 Å². The number of thiazole rings is 1. The highest BCUT2D eigenvalue weighted by molar-refractivity contribution is 8.26. The Morgan fingerprint density at radius 3 is 2.74 bits per heavy atom. The Morgan fingerprint density at radius 2 is 2.11 bits per heavy atom. The molecule has 140 valence electrons. The van der Waals surface area contributed by atoms with Crippen LogP contribution in [0.2, 0.25) is 0 Å². The molecule has 1 aromatic heterocycles. The first-order valence-electron chi connectivity index (χ1n) is 8.16. The Balaban J connectivity index is 1.66. The zero-order valence-electron chi connectivity index (χ0n) is 14.7. The highest BCUT2D eigenvalue weighted by Crippen LogP contribution is 2.32. The second kappa shape index (κ2) is 8.64. The van der Waals surface area contributed by atoms with Crippen molar-refractivity contribution in [1.29, 1.82) is 0 Å². The maximum Gasteiger partial charge on any atom is 0.266 e. The van der Waals surface area contributed by atoms with E-state index in [0.717, 1.165) is 17.0 Å². The predicted octanol–water partition coefficient (Wildman–Crippen LogP) is 3.69. The number of carbonyl (C=O) groups excluding carboxylic acids is 2. The van der Waals surface area contributed by atoms with Crippen LogP contribution in [0.4, 0.5) is 5.13 Å². The van der Waals surface area contributed by atoms with Gasteiger partial charge in [-0.15, -0.1) is 11.3 Å². The van der Waals surface area contributed by atoms with Gasteiger partial charge in [-0.25, -0.2) is 4.98 Å². The van der Waals surface area contributed by atoms with E-state index in [9.17, 15) is 9.59 Å². The molecule has 2 aromatic rings. The molecular formula is C18H17N3O3S3. The third-order valence-electron chi connectivity index (χ3n) is 3.53. The van der Waals surface area contributed by atoms with Crippen LogP contribution in [-0.2, 0) is 9.59 Å². The first-order chi connectivity index (χ1) is 13.0. The Morgan fingerprint density at radius 1 is 1.37 bits per heavy atom. The second-order valence-corrected chi connectivity index (χ2v) is 8.15. The summed E-state index contributed by atoms with van der Waals surface area (Å²) in [6.45, 7) is 4.23. The predicted molar refractivity (Wildman–Crippen MR) is 113 cm³/mol. The van der Waals surface area contributed by atoms with Gasteiger partial charge in [-0.2, -0.15) is 0 Å². The maximum absolute atomic E-state index is 12.6. The molecule has 0 saturated carbocycles. The molecule has 0 atom stereocenters. The monoisotopic (exact) mass is 419 g/mol. The summed E-state index contributed by atoms with van der Waals surface area (Å²) in [5.41, 5.74) is 1.70. The highest BCUT2D eigenvalue weighted by Gasteiger charge is 2.33. The van der Waals surface area contributed by atoms with Crippen LogP contribution in [0.5, 0.6) is 5.75 Å². The first-order valence-corrected chi connectivity index (χ1v) is 10.3. The zero-order chi connectivity index (χ0) is 19.4. The van der Waals surface area contributed by atoms with Crippen LogP contribution in [0.3, 0.4) is 0 Å². The van der Waals surface area contributed by atoms with Crippen LogP contribution in [0.1, 0.15) is 18.2 Å². The summed E-state index contributed by atoms with van der Waals surface area (Å²) in [6, 6.07) is 7.43. The Bertz CT molecular complexity index is 906. The summed E-state index contributed by atoms with van der Waals surface area (Å²) in [5, 5.41) is 5.04. The van der Waals surface area contributed by atoms with Crippen LogP contribution in [0.15, 0.2) is 34.6 Å². The number of nitrogens with zero attached hydrogens (tertiary/aromatic N) is 2. The smallest absolute Gasteiger partial charge is 0.266 e. The molecular weight excluding hydrogens is 402 g/mol. The largest absolute Gasteiger partial charge is 0.494 e. The third kappa shape index (κ3) is 4.94. The Hall–Kier alpha value is -2.23. The number of amides is 2. The lowest BCUT2D eigenvalue weighted by atomic mass is 10.2. The number of carbonyl (C=O) groups is 2. The van der Waals surface area contributed by atoms with Crippen molar-refractivity contribution in [2.24, 2.45) is 0 Å². The average molecular weight is 420 g/mol. The van der Waals surface area contributed by atoms with Gasteiger partial charge >= 0.3 is 0 Å². The van der Waals surface area contributed by atoms with E-state index in [4.69, 9.17) is 17.0 Å². The lowest BCUT2D eigenvalue weighted by Crippen LogP contribution is -2.36. The molecule has 1 fully saturated rings. The molecule has 0 unspecified atom stereocenters. The fraction of sp³-hybridized carbons (Fsp3) is 0.222. The number of rotatable bonds is 6. The van der Waals surface area contributed by atoms with E-state index < -0.39 is 0 Å². The fourth-order valence-corrected chi connectivity index (χ4v) is 4.29. The molecule has 9 heteroatoms. The summed E-state index contributed by atoms with van der Waals surface area (Å²) in [5.74, 6) is 0.170. The summed E-state index contributed by atoms with van der Waals surface area (Å²) in [7, 11) is 0. The van der Waals surface area contributed by atoms with E-state index in [1.807, 2.05) is 43.5 Å². The number of aryl methyl sites for hydroxylation is 1. The van der Waals surface area contributed by atoms with Crippen LogP contribution in [0, 0.1) is 6.92 Å². The minimum absolute atomic E-state index is 0.135. The van der Waals surface area contributed by atoms with Gasteiger partial charge in [-0.3, -0.25) is 14.5 Å². The number of ether oxygens (including phenoxy) is 1. The number of hydrogen-bond acceptors (Lipinski definition) is 7.